The van der Waals surface area contributed by atoms with Gasteiger partial charge in [-0.25, -0.2) is 0 Å². The molecule has 0 amide bonds. The van der Waals surface area contributed by atoms with Crippen molar-refractivity contribution in [3.05, 3.63) is 59.2 Å². The van der Waals surface area contributed by atoms with Gasteiger partial charge in [0, 0.05) is 5.69 Å². The van der Waals surface area contributed by atoms with Crippen molar-refractivity contribution in [1.82, 2.24) is 0 Å². The van der Waals surface area contributed by atoms with Gasteiger partial charge in [0.1, 0.15) is 5.75 Å². The van der Waals surface area contributed by atoms with Crippen molar-refractivity contribution in [2.75, 3.05) is 27.1 Å². The molecule has 180 valence electrons. The minimum Gasteiger partial charge on any atom is -0.497 e. The minimum absolute atomic E-state index is 0.0346. The lowest BCUT2D eigenvalue weighted by Crippen LogP contribution is -2.46. The molecule has 33 heavy (non-hydrogen) atoms. The Morgan fingerprint density at radius 3 is 1.97 bits per heavy atom. The smallest absolute Gasteiger partial charge is 0.416 e. The van der Waals surface area contributed by atoms with Crippen molar-refractivity contribution >= 4 is 17.6 Å². The number of ether oxygens (including phenoxy) is 3. The van der Waals surface area contributed by atoms with Gasteiger partial charge in [0.05, 0.1) is 26.9 Å². The zero-order valence-corrected chi connectivity index (χ0v) is 19.2. The third kappa shape index (κ3) is 5.40. The van der Waals surface area contributed by atoms with Crippen LogP contribution in [0.1, 0.15) is 36.5 Å². The lowest BCUT2D eigenvalue weighted by molar-refractivity contribution is -0.172. The summed E-state index contributed by atoms with van der Waals surface area (Å²) in [5.74, 6) is -2.37. The summed E-state index contributed by atoms with van der Waals surface area (Å²) < 4.78 is 54.9. The van der Waals surface area contributed by atoms with Gasteiger partial charge in [-0.3, -0.25) is 9.59 Å². The molecule has 0 aliphatic rings. The first kappa shape index (κ1) is 26.0. The molecule has 0 fully saturated rings. The Labute approximate surface area is 190 Å². The number of nitrogens with two attached hydrogens (primary N) is 1. The zero-order chi connectivity index (χ0) is 25.0. The minimum atomic E-state index is -4.55. The number of nitrogen functional groups attached to an aromatic ring is 1. The third-order valence-corrected chi connectivity index (χ3v) is 6.19. The summed E-state index contributed by atoms with van der Waals surface area (Å²) in [6.45, 7) is 3.06. The SMILES string of the molecule is COC(=O)C(C)(C(=O)OC)C(C)C(Cc1cc(C(F)(F)F)ccc1N)c1ccc(OC)cc1. The Bertz CT molecular complexity index is 973. The quantitative estimate of drug-likeness (QED) is 0.347. The molecule has 0 spiro atoms. The van der Waals surface area contributed by atoms with Crippen molar-refractivity contribution in [3.63, 3.8) is 0 Å². The van der Waals surface area contributed by atoms with E-state index in [1.807, 2.05) is 0 Å². The molecule has 0 aliphatic heterocycles. The summed E-state index contributed by atoms with van der Waals surface area (Å²) in [5, 5.41) is 0. The van der Waals surface area contributed by atoms with Crippen LogP contribution in [0.4, 0.5) is 18.9 Å². The zero-order valence-electron chi connectivity index (χ0n) is 19.2. The lowest BCUT2D eigenvalue weighted by atomic mass is 9.67. The van der Waals surface area contributed by atoms with Crippen LogP contribution < -0.4 is 10.5 Å². The molecular formula is C24H28F3NO5. The number of hydrogen-bond donors (Lipinski definition) is 1. The van der Waals surface area contributed by atoms with Crippen molar-refractivity contribution in [2.45, 2.75) is 32.4 Å². The number of esters is 2. The van der Waals surface area contributed by atoms with Gasteiger partial charge in [-0.1, -0.05) is 19.1 Å². The van der Waals surface area contributed by atoms with E-state index in [4.69, 9.17) is 19.9 Å². The number of alkyl halides is 3. The Morgan fingerprint density at radius 1 is 0.970 bits per heavy atom. The van der Waals surface area contributed by atoms with Crippen LogP contribution in [0.15, 0.2) is 42.5 Å². The molecule has 0 saturated heterocycles. The Balaban J connectivity index is 2.64. The van der Waals surface area contributed by atoms with Crippen LogP contribution in [0.3, 0.4) is 0 Å². The summed E-state index contributed by atoms with van der Waals surface area (Å²) in [6, 6.07) is 9.96. The van der Waals surface area contributed by atoms with Gasteiger partial charge < -0.3 is 19.9 Å². The maximum absolute atomic E-state index is 13.3. The first-order valence-corrected chi connectivity index (χ1v) is 10.2. The monoisotopic (exact) mass is 467 g/mol. The average Bonchev–Trinajstić information content (AvgIpc) is 2.80. The molecule has 0 bridgehead atoms. The van der Waals surface area contributed by atoms with Gasteiger partial charge in [0.15, 0.2) is 5.41 Å². The molecule has 9 heteroatoms. The van der Waals surface area contributed by atoms with E-state index < -0.39 is 40.9 Å². The van der Waals surface area contributed by atoms with E-state index in [2.05, 4.69) is 0 Å². The second-order valence-corrected chi connectivity index (χ2v) is 7.97. The van der Waals surface area contributed by atoms with Crippen molar-refractivity contribution in [2.24, 2.45) is 11.3 Å². The molecule has 2 atom stereocenters. The fraction of sp³-hybridized carbons (Fsp3) is 0.417. The summed E-state index contributed by atoms with van der Waals surface area (Å²) in [4.78, 5) is 25.4. The molecule has 0 saturated carbocycles. The van der Waals surface area contributed by atoms with Gasteiger partial charge in [0.25, 0.3) is 0 Å². The highest BCUT2D eigenvalue weighted by atomic mass is 19.4. The van der Waals surface area contributed by atoms with Gasteiger partial charge in [0.2, 0.25) is 0 Å². The Morgan fingerprint density at radius 2 is 1.52 bits per heavy atom. The highest BCUT2D eigenvalue weighted by molar-refractivity contribution is 6.00. The molecule has 2 unspecified atom stereocenters. The van der Waals surface area contributed by atoms with Crippen LogP contribution in [-0.4, -0.2) is 33.3 Å². The van der Waals surface area contributed by atoms with E-state index in [9.17, 15) is 22.8 Å². The van der Waals surface area contributed by atoms with Crippen LogP contribution in [-0.2, 0) is 31.7 Å². The number of rotatable bonds is 8. The number of halogens is 3. The molecule has 2 aromatic rings. The first-order valence-electron chi connectivity index (χ1n) is 10.2. The van der Waals surface area contributed by atoms with E-state index in [-0.39, 0.29) is 17.7 Å². The van der Waals surface area contributed by atoms with Crippen LogP contribution in [0.25, 0.3) is 0 Å². The fourth-order valence-corrected chi connectivity index (χ4v) is 3.91. The van der Waals surface area contributed by atoms with Gasteiger partial charge in [-0.15, -0.1) is 0 Å². The van der Waals surface area contributed by atoms with Crippen molar-refractivity contribution < 1.29 is 37.0 Å². The van der Waals surface area contributed by atoms with Gasteiger partial charge >= 0.3 is 18.1 Å². The maximum atomic E-state index is 13.3. The largest absolute Gasteiger partial charge is 0.497 e. The number of anilines is 1. The van der Waals surface area contributed by atoms with E-state index in [1.165, 1.54) is 20.1 Å². The van der Waals surface area contributed by atoms with Gasteiger partial charge in [-0.2, -0.15) is 13.2 Å². The first-order chi connectivity index (χ1) is 15.4. The molecular weight excluding hydrogens is 439 g/mol. The number of methoxy groups -OCH3 is 3. The summed E-state index contributed by atoms with van der Waals surface area (Å²) in [6.07, 6.45) is -4.51. The Hall–Kier alpha value is -3.23. The van der Waals surface area contributed by atoms with Crippen LogP contribution in [0, 0.1) is 11.3 Å². The summed E-state index contributed by atoms with van der Waals surface area (Å²) in [7, 11) is 3.82. The fourth-order valence-electron chi connectivity index (χ4n) is 3.91. The molecule has 2 N–H and O–H groups in total. The normalized spacial score (nSPS) is 13.7. The highest BCUT2D eigenvalue weighted by Gasteiger charge is 2.51. The van der Waals surface area contributed by atoms with Crippen molar-refractivity contribution in [3.8, 4) is 5.75 Å². The molecule has 2 rings (SSSR count). The van der Waals surface area contributed by atoms with E-state index in [1.54, 1.807) is 31.2 Å². The number of carbonyl (C=O) groups is 2. The number of benzene rings is 2. The standard InChI is InChI=1S/C24H28F3NO5/c1-14(23(2,21(29)32-4)22(30)33-5)19(15-6-9-18(31-3)10-7-15)13-16-12-17(24(25,26)27)8-11-20(16)28/h6-12,14,19H,13,28H2,1-5H3. The average molecular weight is 467 g/mol. The third-order valence-electron chi connectivity index (χ3n) is 6.19. The van der Waals surface area contributed by atoms with Crippen molar-refractivity contribution in [1.29, 1.82) is 0 Å². The predicted molar refractivity (Wildman–Crippen MR) is 117 cm³/mol. The van der Waals surface area contributed by atoms with E-state index in [0.717, 1.165) is 26.4 Å². The van der Waals surface area contributed by atoms with Crippen LogP contribution in [0.5, 0.6) is 5.75 Å². The topological polar surface area (TPSA) is 87.9 Å². The van der Waals surface area contributed by atoms with Crippen LogP contribution in [0.2, 0.25) is 0 Å². The second kappa shape index (κ2) is 10.1. The van der Waals surface area contributed by atoms with Gasteiger partial charge in [-0.05, 0) is 66.6 Å². The summed E-state index contributed by atoms with van der Waals surface area (Å²) >= 11 is 0. The maximum Gasteiger partial charge on any atom is 0.416 e. The molecule has 0 heterocycles. The number of carbonyl (C=O) groups excluding carboxylic acids is 2. The molecule has 0 aliphatic carbocycles. The lowest BCUT2D eigenvalue weighted by Gasteiger charge is -2.36. The molecule has 2 aromatic carbocycles. The number of hydrogen-bond acceptors (Lipinski definition) is 6. The second-order valence-electron chi connectivity index (χ2n) is 7.97. The van der Waals surface area contributed by atoms with Crippen LogP contribution >= 0.6 is 0 Å². The van der Waals surface area contributed by atoms with E-state index >= 15 is 0 Å². The summed E-state index contributed by atoms with van der Waals surface area (Å²) in [5.41, 5.74) is 4.56. The highest BCUT2D eigenvalue weighted by Crippen LogP contribution is 2.43. The molecule has 6 nitrogen and oxygen atoms in total. The molecule has 0 radical (unpaired) electrons. The predicted octanol–water partition coefficient (Wildman–Crippen LogP) is 4.61. The molecule has 0 aromatic heterocycles. The Kier molecular flexibility index (Phi) is 8.00. The van der Waals surface area contributed by atoms with E-state index in [0.29, 0.717) is 11.3 Å².